The Balaban J connectivity index is 1.23. The van der Waals surface area contributed by atoms with Crippen molar-refractivity contribution in [1.82, 2.24) is 4.90 Å². The number of amides is 2. The van der Waals surface area contributed by atoms with Crippen LogP contribution in [0.25, 0.3) is 0 Å². The Morgan fingerprint density at radius 3 is 2.37 bits per heavy atom. The molecule has 2 amide bonds. The first-order valence-electron chi connectivity index (χ1n) is 14.7. The molecule has 8 nitrogen and oxygen atoms in total. The summed E-state index contributed by atoms with van der Waals surface area (Å²) in [4.78, 5) is 28.2. The third-order valence-corrected chi connectivity index (χ3v) is 10.7. The van der Waals surface area contributed by atoms with Crippen molar-refractivity contribution in [3.05, 3.63) is 54.6 Å². The minimum Gasteiger partial charge on any atom is -0.457 e. The van der Waals surface area contributed by atoms with E-state index in [1.54, 1.807) is 24.3 Å². The Hall–Kier alpha value is -2.75. The Labute approximate surface area is 246 Å². The highest BCUT2D eigenvalue weighted by Crippen LogP contribution is 2.61. The first-order valence-corrected chi connectivity index (χ1v) is 15.8. The molecule has 2 aromatic rings. The predicted molar refractivity (Wildman–Crippen MR) is 160 cm³/mol. The van der Waals surface area contributed by atoms with Gasteiger partial charge in [0, 0.05) is 42.1 Å². The fraction of sp³-hybridized carbons (Fsp3) is 0.562. The molecule has 2 aliphatic carbocycles. The predicted octanol–water partition coefficient (Wildman–Crippen LogP) is 5.55. The van der Waals surface area contributed by atoms with E-state index in [0.29, 0.717) is 43.5 Å². The first-order chi connectivity index (χ1) is 19.7. The molecule has 0 bridgehead atoms. The number of carbonyl (C=O) groups excluding carboxylic acids is 2. The number of para-hydroxylation sites is 1. The van der Waals surface area contributed by atoms with E-state index in [1.807, 2.05) is 53.9 Å². The molecule has 0 aromatic heterocycles. The second-order valence-electron chi connectivity index (χ2n) is 12.2. The molecule has 0 spiro atoms. The molecule has 3 N–H and O–H groups in total. The zero-order valence-corrected chi connectivity index (χ0v) is 24.8. The van der Waals surface area contributed by atoms with E-state index in [2.05, 4.69) is 12.2 Å². The van der Waals surface area contributed by atoms with Crippen LogP contribution in [0.15, 0.2) is 54.6 Å². The average molecular weight is 583 g/mol. The number of fused-ring (bicyclic) bond motifs is 1. The van der Waals surface area contributed by atoms with Crippen molar-refractivity contribution in [3.63, 3.8) is 0 Å². The van der Waals surface area contributed by atoms with Crippen LogP contribution in [-0.4, -0.2) is 70.5 Å². The molecule has 6 atom stereocenters. The summed E-state index contributed by atoms with van der Waals surface area (Å²) in [6.07, 6.45) is 1.25. The zero-order chi connectivity index (χ0) is 29.0. The van der Waals surface area contributed by atoms with E-state index in [-0.39, 0.29) is 29.8 Å². The number of aliphatic hydroxyl groups excluding tert-OH is 2. The number of hydrogen-bond donors (Lipinski definition) is 3. The molecule has 3 aliphatic rings. The molecule has 1 aliphatic heterocycles. The minimum absolute atomic E-state index is 0.000852. The fourth-order valence-corrected chi connectivity index (χ4v) is 8.32. The molecular formula is C32H42N2O6S. The van der Waals surface area contributed by atoms with Gasteiger partial charge in [-0.1, -0.05) is 32.0 Å². The van der Waals surface area contributed by atoms with E-state index >= 15 is 0 Å². The van der Waals surface area contributed by atoms with Crippen LogP contribution in [0.4, 0.5) is 10.5 Å². The molecule has 9 heteroatoms. The van der Waals surface area contributed by atoms with E-state index in [9.17, 15) is 19.8 Å². The first kappa shape index (κ1) is 29.7. The minimum atomic E-state index is -0.694. The van der Waals surface area contributed by atoms with E-state index in [0.717, 1.165) is 30.3 Å². The number of nitrogens with one attached hydrogen (secondary N) is 1. The highest BCUT2D eigenvalue weighted by Gasteiger charge is 2.60. The van der Waals surface area contributed by atoms with Gasteiger partial charge in [-0.15, -0.1) is 0 Å². The summed E-state index contributed by atoms with van der Waals surface area (Å²) in [6.45, 7) is 5.52. The molecular weight excluding hydrogens is 540 g/mol. The number of aliphatic hydroxyl groups is 2. The monoisotopic (exact) mass is 582 g/mol. The van der Waals surface area contributed by atoms with Crippen molar-refractivity contribution >= 4 is 29.4 Å². The van der Waals surface area contributed by atoms with Crippen molar-refractivity contribution in [2.45, 2.75) is 58.2 Å². The lowest BCUT2D eigenvalue weighted by Gasteiger charge is -2.60. The lowest BCUT2D eigenvalue weighted by molar-refractivity contribution is -0.186. The summed E-state index contributed by atoms with van der Waals surface area (Å²) >= 11 is 1.87. The second kappa shape index (κ2) is 12.6. The maximum atomic E-state index is 13.2. The summed E-state index contributed by atoms with van der Waals surface area (Å²) in [7, 11) is 0. The van der Waals surface area contributed by atoms with E-state index in [1.165, 1.54) is 0 Å². The maximum Gasteiger partial charge on any atom is 0.411 e. The van der Waals surface area contributed by atoms with Crippen LogP contribution < -0.4 is 10.1 Å². The number of rotatable bonds is 7. The number of anilines is 1. The van der Waals surface area contributed by atoms with Crippen molar-refractivity contribution < 1.29 is 29.3 Å². The molecule has 2 aromatic carbocycles. The number of ether oxygens (including phenoxy) is 2. The van der Waals surface area contributed by atoms with Gasteiger partial charge in [0.2, 0.25) is 5.91 Å². The molecule has 41 heavy (non-hydrogen) atoms. The third kappa shape index (κ3) is 6.37. The molecule has 1 saturated heterocycles. The SMILES string of the molecule is CC1(CO)C(OC(=O)Nc2ccc(Oc3ccccc3)cc2)CCC2(C)C(CC(=O)N3CCSCC3)C(O)CCC12. The number of nitrogens with zero attached hydrogens (tertiary/aromatic N) is 1. The lowest BCUT2D eigenvalue weighted by atomic mass is 9.46. The molecule has 5 rings (SSSR count). The van der Waals surface area contributed by atoms with Crippen LogP contribution in [0, 0.1) is 22.7 Å². The Kier molecular flexibility index (Phi) is 9.16. The number of thioether (sulfide) groups is 1. The number of carbonyl (C=O) groups is 2. The summed E-state index contributed by atoms with van der Waals surface area (Å²) in [5.74, 6) is 3.20. The van der Waals surface area contributed by atoms with Crippen LogP contribution in [0.1, 0.15) is 46.0 Å². The summed E-state index contributed by atoms with van der Waals surface area (Å²) in [5, 5.41) is 24.6. The molecule has 3 fully saturated rings. The van der Waals surface area contributed by atoms with Gasteiger partial charge in [-0.05, 0) is 79.3 Å². The van der Waals surface area contributed by atoms with Crippen LogP contribution in [0.5, 0.6) is 11.5 Å². The van der Waals surface area contributed by atoms with Crippen LogP contribution >= 0.6 is 11.8 Å². The van der Waals surface area contributed by atoms with Gasteiger partial charge in [0.1, 0.15) is 17.6 Å². The zero-order valence-electron chi connectivity index (χ0n) is 24.0. The van der Waals surface area contributed by atoms with Crippen LogP contribution in [-0.2, 0) is 9.53 Å². The van der Waals surface area contributed by atoms with Crippen molar-refractivity contribution in [2.75, 3.05) is 36.5 Å². The standard InChI is InChI=1S/C32H42N2O6S/c1-31-15-14-28(40-30(38)33-22-8-10-24(11-9-22)39-23-6-4-3-5-7-23)32(2,21-35)27(31)13-12-26(36)25(31)20-29(37)34-16-18-41-19-17-34/h3-11,25-28,35-36H,12-21H2,1-2H3,(H,33,38). The van der Waals surface area contributed by atoms with Gasteiger partial charge in [-0.25, -0.2) is 4.79 Å². The quantitative estimate of drug-likeness (QED) is 0.393. The molecule has 0 radical (unpaired) electrons. The van der Waals surface area contributed by atoms with Crippen molar-refractivity contribution in [3.8, 4) is 11.5 Å². The molecule has 2 saturated carbocycles. The van der Waals surface area contributed by atoms with Gasteiger partial charge in [0.05, 0.1) is 12.7 Å². The number of hydrogen-bond acceptors (Lipinski definition) is 7. The van der Waals surface area contributed by atoms with Gasteiger partial charge in [-0.3, -0.25) is 10.1 Å². The highest BCUT2D eigenvalue weighted by atomic mass is 32.2. The summed E-state index contributed by atoms with van der Waals surface area (Å²) in [5.41, 5.74) is -0.460. The number of benzene rings is 2. The molecule has 1 heterocycles. The topological polar surface area (TPSA) is 108 Å². The van der Waals surface area contributed by atoms with Crippen LogP contribution in [0.2, 0.25) is 0 Å². The van der Waals surface area contributed by atoms with Crippen LogP contribution in [0.3, 0.4) is 0 Å². The Morgan fingerprint density at radius 2 is 1.68 bits per heavy atom. The maximum absolute atomic E-state index is 13.2. The average Bonchev–Trinajstić information content (AvgIpc) is 2.98. The van der Waals surface area contributed by atoms with Gasteiger partial charge >= 0.3 is 6.09 Å². The Morgan fingerprint density at radius 1 is 1.00 bits per heavy atom. The largest absolute Gasteiger partial charge is 0.457 e. The lowest BCUT2D eigenvalue weighted by Crippen LogP contribution is -2.61. The second-order valence-corrected chi connectivity index (χ2v) is 13.4. The smallest absolute Gasteiger partial charge is 0.411 e. The summed E-state index contributed by atoms with van der Waals surface area (Å²) < 4.78 is 11.8. The van der Waals surface area contributed by atoms with Crippen molar-refractivity contribution in [2.24, 2.45) is 22.7 Å². The summed E-state index contributed by atoms with van der Waals surface area (Å²) in [6, 6.07) is 16.6. The Bertz CT molecular complexity index is 1190. The van der Waals surface area contributed by atoms with Gasteiger partial charge in [-0.2, -0.15) is 11.8 Å². The van der Waals surface area contributed by atoms with Crippen molar-refractivity contribution in [1.29, 1.82) is 0 Å². The molecule has 6 unspecified atom stereocenters. The fourth-order valence-electron chi connectivity index (χ4n) is 7.42. The third-order valence-electron chi connectivity index (χ3n) is 9.76. The van der Waals surface area contributed by atoms with E-state index in [4.69, 9.17) is 9.47 Å². The van der Waals surface area contributed by atoms with Gasteiger partial charge < -0.3 is 24.6 Å². The highest BCUT2D eigenvalue weighted by molar-refractivity contribution is 7.99. The van der Waals surface area contributed by atoms with Gasteiger partial charge in [0.15, 0.2) is 0 Å². The normalized spacial score (nSPS) is 31.6. The molecule has 222 valence electrons. The van der Waals surface area contributed by atoms with Gasteiger partial charge in [0.25, 0.3) is 0 Å². The van der Waals surface area contributed by atoms with E-state index < -0.39 is 23.7 Å².